The van der Waals surface area contributed by atoms with E-state index < -0.39 is 0 Å². The number of hydrogen-bond acceptors (Lipinski definition) is 3. The number of alkyl halides is 1. The van der Waals surface area contributed by atoms with Gasteiger partial charge in [-0.15, -0.1) is 11.6 Å². The Morgan fingerprint density at radius 2 is 2.21 bits per heavy atom. The summed E-state index contributed by atoms with van der Waals surface area (Å²) >= 11 is 9.44. The summed E-state index contributed by atoms with van der Waals surface area (Å²) in [6, 6.07) is 2.31. The van der Waals surface area contributed by atoms with E-state index in [1.165, 1.54) is 0 Å². The first-order chi connectivity index (χ1) is 9.02. The highest BCUT2D eigenvalue weighted by Crippen LogP contribution is 2.24. The van der Waals surface area contributed by atoms with Crippen molar-refractivity contribution < 1.29 is 0 Å². The van der Waals surface area contributed by atoms with Gasteiger partial charge in [0, 0.05) is 16.7 Å². The van der Waals surface area contributed by atoms with Crippen molar-refractivity contribution >= 4 is 38.7 Å². The molecule has 1 atom stereocenters. The molecule has 0 amide bonds. The highest BCUT2D eigenvalue weighted by Gasteiger charge is 2.16. The van der Waals surface area contributed by atoms with Gasteiger partial charge in [0.05, 0.1) is 5.88 Å². The zero-order valence-electron chi connectivity index (χ0n) is 11.4. The molecule has 0 spiro atoms. The SMILES string of the molecule is CC(CCN(C)C)n1c(CCl)nc2cc(Br)cnc21. The van der Waals surface area contributed by atoms with Gasteiger partial charge >= 0.3 is 0 Å². The molecule has 0 N–H and O–H groups in total. The average Bonchev–Trinajstić information content (AvgIpc) is 2.73. The summed E-state index contributed by atoms with van der Waals surface area (Å²) < 4.78 is 3.09. The Balaban J connectivity index is 2.39. The van der Waals surface area contributed by atoms with Crippen molar-refractivity contribution in [3.63, 3.8) is 0 Å². The van der Waals surface area contributed by atoms with Gasteiger partial charge in [0.25, 0.3) is 0 Å². The number of rotatable bonds is 5. The largest absolute Gasteiger partial charge is 0.309 e. The molecule has 6 heteroatoms. The minimum absolute atomic E-state index is 0.329. The number of hydrogen-bond donors (Lipinski definition) is 0. The molecule has 2 aromatic rings. The summed E-state index contributed by atoms with van der Waals surface area (Å²) in [6.07, 6.45) is 2.84. The van der Waals surface area contributed by atoms with Gasteiger partial charge < -0.3 is 9.47 Å². The maximum atomic E-state index is 6.02. The molecule has 19 heavy (non-hydrogen) atoms. The van der Waals surface area contributed by atoms with Gasteiger partial charge in [-0.2, -0.15) is 0 Å². The quantitative estimate of drug-likeness (QED) is 0.778. The summed E-state index contributed by atoms with van der Waals surface area (Å²) in [5, 5.41) is 0. The van der Waals surface area contributed by atoms with E-state index in [1.54, 1.807) is 6.20 Å². The smallest absolute Gasteiger partial charge is 0.160 e. The van der Waals surface area contributed by atoms with Crippen molar-refractivity contribution in [1.29, 1.82) is 0 Å². The van der Waals surface area contributed by atoms with Crippen LogP contribution in [0.4, 0.5) is 0 Å². The van der Waals surface area contributed by atoms with Crippen LogP contribution in [0, 0.1) is 0 Å². The van der Waals surface area contributed by atoms with E-state index in [2.05, 4.69) is 56.4 Å². The molecule has 0 bridgehead atoms. The van der Waals surface area contributed by atoms with Crippen LogP contribution in [-0.2, 0) is 5.88 Å². The molecule has 2 aromatic heterocycles. The predicted octanol–water partition coefficient (Wildman–Crippen LogP) is 3.45. The number of pyridine rings is 1. The fourth-order valence-corrected chi connectivity index (χ4v) is 2.64. The molecular weight excluding hydrogens is 328 g/mol. The van der Waals surface area contributed by atoms with Crippen molar-refractivity contribution in [3.8, 4) is 0 Å². The first kappa shape index (κ1) is 14.8. The third-order valence-corrected chi connectivity index (χ3v) is 3.80. The van der Waals surface area contributed by atoms with Gasteiger partial charge in [0.15, 0.2) is 5.65 Å². The zero-order chi connectivity index (χ0) is 14.0. The molecule has 0 fully saturated rings. The van der Waals surface area contributed by atoms with Crippen LogP contribution in [0.2, 0.25) is 0 Å². The van der Waals surface area contributed by atoms with Crippen molar-refractivity contribution in [2.24, 2.45) is 0 Å². The number of fused-ring (bicyclic) bond motifs is 1. The fraction of sp³-hybridized carbons (Fsp3) is 0.538. The van der Waals surface area contributed by atoms with Crippen molar-refractivity contribution in [2.75, 3.05) is 20.6 Å². The number of imidazole rings is 1. The van der Waals surface area contributed by atoms with Gasteiger partial charge in [-0.3, -0.25) is 0 Å². The maximum Gasteiger partial charge on any atom is 0.160 e. The Morgan fingerprint density at radius 3 is 2.84 bits per heavy atom. The zero-order valence-corrected chi connectivity index (χ0v) is 13.7. The topological polar surface area (TPSA) is 34.0 Å². The third kappa shape index (κ3) is 3.27. The molecule has 0 saturated carbocycles. The predicted molar refractivity (Wildman–Crippen MR) is 82.7 cm³/mol. The molecule has 0 aliphatic rings. The lowest BCUT2D eigenvalue weighted by molar-refractivity contribution is 0.358. The Kier molecular flexibility index (Phi) is 4.81. The van der Waals surface area contributed by atoms with Crippen LogP contribution >= 0.6 is 27.5 Å². The molecule has 2 heterocycles. The molecule has 0 saturated heterocycles. The molecule has 104 valence electrons. The van der Waals surface area contributed by atoms with Crippen LogP contribution in [0.3, 0.4) is 0 Å². The molecule has 1 unspecified atom stereocenters. The standard InChI is InChI=1S/C13H18BrClN4/c1-9(4-5-18(2)3)19-12(7-15)17-11-6-10(14)8-16-13(11)19/h6,8-9H,4-5,7H2,1-3H3. The second kappa shape index (κ2) is 6.20. The molecule has 0 aliphatic carbocycles. The molecule has 0 aliphatic heterocycles. The van der Waals surface area contributed by atoms with E-state index in [0.29, 0.717) is 11.9 Å². The van der Waals surface area contributed by atoms with Crippen LogP contribution in [0.1, 0.15) is 25.2 Å². The third-order valence-electron chi connectivity index (χ3n) is 3.12. The lowest BCUT2D eigenvalue weighted by atomic mass is 10.2. The normalized spacial score (nSPS) is 13.4. The summed E-state index contributed by atoms with van der Waals surface area (Å²) in [6.45, 7) is 3.21. The van der Waals surface area contributed by atoms with Gasteiger partial charge in [-0.25, -0.2) is 9.97 Å². The minimum atomic E-state index is 0.329. The van der Waals surface area contributed by atoms with E-state index >= 15 is 0 Å². The Labute approximate surface area is 126 Å². The minimum Gasteiger partial charge on any atom is -0.309 e. The van der Waals surface area contributed by atoms with Gasteiger partial charge in [0.1, 0.15) is 11.3 Å². The van der Waals surface area contributed by atoms with Gasteiger partial charge in [-0.1, -0.05) is 0 Å². The monoisotopic (exact) mass is 344 g/mol. The van der Waals surface area contributed by atoms with Crippen molar-refractivity contribution in [1.82, 2.24) is 19.4 Å². The molecule has 0 radical (unpaired) electrons. The highest BCUT2D eigenvalue weighted by molar-refractivity contribution is 9.10. The van der Waals surface area contributed by atoms with Crippen LogP contribution in [-0.4, -0.2) is 40.1 Å². The summed E-state index contributed by atoms with van der Waals surface area (Å²) in [7, 11) is 4.16. The van der Waals surface area contributed by atoms with Gasteiger partial charge in [-0.05, 0) is 56.0 Å². The molecular formula is C13H18BrClN4. The summed E-state index contributed by atoms with van der Waals surface area (Å²) in [5.74, 6) is 1.29. The van der Waals surface area contributed by atoms with E-state index in [1.807, 2.05) is 6.07 Å². The first-order valence-electron chi connectivity index (χ1n) is 6.26. The Hall–Kier alpha value is -0.650. The summed E-state index contributed by atoms with van der Waals surface area (Å²) in [5.41, 5.74) is 1.80. The van der Waals surface area contributed by atoms with E-state index in [4.69, 9.17) is 11.6 Å². The van der Waals surface area contributed by atoms with Crippen LogP contribution in [0.5, 0.6) is 0 Å². The van der Waals surface area contributed by atoms with Crippen molar-refractivity contribution in [2.45, 2.75) is 25.3 Å². The van der Waals surface area contributed by atoms with Crippen LogP contribution < -0.4 is 0 Å². The first-order valence-corrected chi connectivity index (χ1v) is 7.58. The Morgan fingerprint density at radius 1 is 1.47 bits per heavy atom. The lowest BCUT2D eigenvalue weighted by Gasteiger charge is -2.18. The maximum absolute atomic E-state index is 6.02. The van der Waals surface area contributed by atoms with E-state index in [-0.39, 0.29) is 0 Å². The second-order valence-electron chi connectivity index (χ2n) is 4.97. The number of halogens is 2. The highest BCUT2D eigenvalue weighted by atomic mass is 79.9. The molecule has 0 aromatic carbocycles. The van der Waals surface area contributed by atoms with Gasteiger partial charge in [0.2, 0.25) is 0 Å². The molecule has 4 nitrogen and oxygen atoms in total. The van der Waals surface area contributed by atoms with Crippen LogP contribution in [0.15, 0.2) is 16.7 Å². The van der Waals surface area contributed by atoms with E-state index in [0.717, 1.165) is 34.4 Å². The van der Waals surface area contributed by atoms with Crippen LogP contribution in [0.25, 0.3) is 11.2 Å². The Bertz CT molecular complexity index is 567. The lowest BCUT2D eigenvalue weighted by Crippen LogP contribution is -2.18. The average molecular weight is 346 g/mol. The van der Waals surface area contributed by atoms with E-state index in [9.17, 15) is 0 Å². The number of aromatic nitrogens is 3. The number of nitrogens with zero attached hydrogens (tertiary/aromatic N) is 4. The fourth-order valence-electron chi connectivity index (χ4n) is 2.14. The molecule has 2 rings (SSSR count). The summed E-state index contributed by atoms with van der Waals surface area (Å²) in [4.78, 5) is 11.2. The second-order valence-corrected chi connectivity index (χ2v) is 6.15. The van der Waals surface area contributed by atoms with Crippen molar-refractivity contribution in [3.05, 3.63) is 22.6 Å².